The fourth-order valence-electron chi connectivity index (χ4n) is 1.96. The lowest BCUT2D eigenvalue weighted by atomic mass is 10.1. The van der Waals surface area contributed by atoms with Gasteiger partial charge in [-0.05, 0) is 58.8 Å². The zero-order chi connectivity index (χ0) is 14.3. The Hall–Kier alpha value is -0.120. The van der Waals surface area contributed by atoms with E-state index in [1.165, 1.54) is 19.3 Å². The molecule has 0 aliphatic rings. The maximum absolute atomic E-state index is 8.70. The molecule has 0 aliphatic heterocycles. The largest absolute Gasteiger partial charge is 0.396 e. The molecular weight excluding hydrogens is 240 g/mol. The topological polar surface area (TPSA) is 38.7 Å². The van der Waals surface area contributed by atoms with Crippen LogP contribution in [-0.4, -0.2) is 37.1 Å². The summed E-state index contributed by atoms with van der Waals surface area (Å²) in [5.41, 5.74) is 0. The van der Waals surface area contributed by atoms with Gasteiger partial charge in [0.1, 0.15) is 0 Å². The molecule has 0 rings (SSSR count). The monoisotopic (exact) mass is 274 g/mol. The first-order chi connectivity index (χ1) is 9.20. The van der Waals surface area contributed by atoms with Gasteiger partial charge in [0.15, 0.2) is 0 Å². The zero-order valence-electron chi connectivity index (χ0n) is 13.2. The number of ether oxygens (including phenoxy) is 2. The van der Waals surface area contributed by atoms with Crippen LogP contribution in [0.2, 0.25) is 0 Å². The van der Waals surface area contributed by atoms with Gasteiger partial charge in [0, 0.05) is 19.8 Å². The molecule has 0 saturated carbocycles. The Morgan fingerprint density at radius 1 is 0.789 bits per heavy atom. The number of hydrogen-bond acceptors (Lipinski definition) is 3. The summed E-state index contributed by atoms with van der Waals surface area (Å²) in [6.07, 6.45) is 9.50. The second kappa shape index (κ2) is 14.3. The van der Waals surface area contributed by atoms with Crippen LogP contribution in [0, 0.1) is 0 Å². The van der Waals surface area contributed by atoms with Crippen LogP contribution in [0.3, 0.4) is 0 Å². The molecule has 0 amide bonds. The molecule has 116 valence electrons. The van der Waals surface area contributed by atoms with Crippen molar-refractivity contribution in [3.05, 3.63) is 0 Å². The van der Waals surface area contributed by atoms with E-state index in [1.807, 2.05) is 0 Å². The minimum absolute atomic E-state index is 0.294. The van der Waals surface area contributed by atoms with E-state index in [9.17, 15) is 0 Å². The highest BCUT2D eigenvalue weighted by molar-refractivity contribution is 4.54. The van der Waals surface area contributed by atoms with Crippen molar-refractivity contribution in [1.82, 2.24) is 0 Å². The molecule has 0 heterocycles. The minimum atomic E-state index is 0.294. The lowest BCUT2D eigenvalue weighted by Gasteiger charge is -2.14. The summed E-state index contributed by atoms with van der Waals surface area (Å²) >= 11 is 0. The summed E-state index contributed by atoms with van der Waals surface area (Å²) in [6, 6.07) is 0. The van der Waals surface area contributed by atoms with Crippen molar-refractivity contribution >= 4 is 0 Å². The summed E-state index contributed by atoms with van der Waals surface area (Å²) in [6.45, 7) is 8.51. The zero-order valence-corrected chi connectivity index (χ0v) is 13.2. The molecule has 2 atom stereocenters. The van der Waals surface area contributed by atoms with Crippen LogP contribution < -0.4 is 0 Å². The van der Waals surface area contributed by atoms with Gasteiger partial charge in [-0.15, -0.1) is 0 Å². The first-order valence-corrected chi connectivity index (χ1v) is 8.04. The third-order valence-corrected chi connectivity index (χ3v) is 3.33. The van der Waals surface area contributed by atoms with E-state index in [0.29, 0.717) is 18.8 Å². The normalized spacial score (nSPS) is 14.5. The molecule has 0 bridgehead atoms. The van der Waals surface area contributed by atoms with E-state index in [4.69, 9.17) is 14.6 Å². The fourth-order valence-corrected chi connectivity index (χ4v) is 1.96. The van der Waals surface area contributed by atoms with Gasteiger partial charge in [0.05, 0.1) is 12.2 Å². The van der Waals surface area contributed by atoms with Crippen LogP contribution in [-0.2, 0) is 9.47 Å². The molecular formula is C16H34O3. The van der Waals surface area contributed by atoms with Crippen molar-refractivity contribution in [2.75, 3.05) is 19.8 Å². The highest BCUT2D eigenvalue weighted by Gasteiger charge is 2.04. The molecule has 1 N–H and O–H groups in total. The van der Waals surface area contributed by atoms with Crippen molar-refractivity contribution in [1.29, 1.82) is 0 Å². The van der Waals surface area contributed by atoms with E-state index in [-0.39, 0.29) is 0 Å². The standard InChI is InChI=1S/C16H34O3/c1-4-5-13-18-16(3)11-7-9-14-19-15(2)10-6-8-12-17/h15-17H,4-14H2,1-3H3. The SMILES string of the molecule is CCCCOC(C)CCCCOC(C)CCCCO. The molecule has 0 aromatic rings. The number of hydrogen-bond donors (Lipinski definition) is 1. The van der Waals surface area contributed by atoms with Crippen LogP contribution in [0.25, 0.3) is 0 Å². The predicted molar refractivity (Wildman–Crippen MR) is 80.5 cm³/mol. The molecule has 19 heavy (non-hydrogen) atoms. The van der Waals surface area contributed by atoms with Crippen LogP contribution in [0.4, 0.5) is 0 Å². The first kappa shape index (κ1) is 18.9. The highest BCUT2D eigenvalue weighted by atomic mass is 16.5. The van der Waals surface area contributed by atoms with Crippen molar-refractivity contribution in [3.8, 4) is 0 Å². The maximum Gasteiger partial charge on any atom is 0.0547 e. The number of rotatable bonds is 14. The summed E-state index contributed by atoms with van der Waals surface area (Å²) in [7, 11) is 0. The number of aliphatic hydroxyl groups excluding tert-OH is 1. The summed E-state index contributed by atoms with van der Waals surface area (Å²) < 4.78 is 11.5. The Morgan fingerprint density at radius 3 is 1.84 bits per heavy atom. The van der Waals surface area contributed by atoms with Gasteiger partial charge < -0.3 is 14.6 Å². The van der Waals surface area contributed by atoms with E-state index < -0.39 is 0 Å². The molecule has 0 aromatic carbocycles. The predicted octanol–water partition coefficient (Wildman–Crippen LogP) is 3.93. The van der Waals surface area contributed by atoms with Gasteiger partial charge in [-0.1, -0.05) is 13.3 Å². The lowest BCUT2D eigenvalue weighted by molar-refractivity contribution is 0.0418. The van der Waals surface area contributed by atoms with Gasteiger partial charge in [-0.3, -0.25) is 0 Å². The number of unbranched alkanes of at least 4 members (excludes halogenated alkanes) is 3. The van der Waals surface area contributed by atoms with E-state index >= 15 is 0 Å². The van der Waals surface area contributed by atoms with Gasteiger partial charge in [0.2, 0.25) is 0 Å². The van der Waals surface area contributed by atoms with Crippen LogP contribution in [0.1, 0.15) is 72.1 Å². The van der Waals surface area contributed by atoms with Gasteiger partial charge in [-0.25, -0.2) is 0 Å². The molecule has 0 radical (unpaired) electrons. The Morgan fingerprint density at radius 2 is 1.32 bits per heavy atom. The Labute approximate surface area is 119 Å². The molecule has 3 nitrogen and oxygen atoms in total. The van der Waals surface area contributed by atoms with E-state index in [0.717, 1.165) is 45.3 Å². The van der Waals surface area contributed by atoms with Crippen molar-refractivity contribution < 1.29 is 14.6 Å². The summed E-state index contributed by atoms with van der Waals surface area (Å²) in [4.78, 5) is 0. The van der Waals surface area contributed by atoms with Gasteiger partial charge in [0.25, 0.3) is 0 Å². The average molecular weight is 274 g/mol. The van der Waals surface area contributed by atoms with Crippen molar-refractivity contribution in [2.45, 2.75) is 84.3 Å². The average Bonchev–Trinajstić information content (AvgIpc) is 2.39. The van der Waals surface area contributed by atoms with E-state index in [1.54, 1.807) is 0 Å². The molecule has 2 unspecified atom stereocenters. The first-order valence-electron chi connectivity index (χ1n) is 8.04. The van der Waals surface area contributed by atoms with Crippen molar-refractivity contribution in [3.63, 3.8) is 0 Å². The summed E-state index contributed by atoms with van der Waals surface area (Å²) in [5.74, 6) is 0. The second-order valence-electron chi connectivity index (χ2n) is 5.43. The molecule has 3 heteroatoms. The van der Waals surface area contributed by atoms with Crippen LogP contribution in [0.5, 0.6) is 0 Å². The van der Waals surface area contributed by atoms with E-state index in [2.05, 4.69) is 20.8 Å². The smallest absolute Gasteiger partial charge is 0.0547 e. The third kappa shape index (κ3) is 14.1. The molecule has 0 aromatic heterocycles. The molecule has 0 fully saturated rings. The Kier molecular flexibility index (Phi) is 14.2. The highest BCUT2D eigenvalue weighted by Crippen LogP contribution is 2.08. The van der Waals surface area contributed by atoms with Crippen LogP contribution >= 0.6 is 0 Å². The minimum Gasteiger partial charge on any atom is -0.396 e. The molecule has 0 saturated heterocycles. The lowest BCUT2D eigenvalue weighted by Crippen LogP contribution is -2.11. The molecule has 0 aliphatic carbocycles. The Balaban J connectivity index is 3.24. The third-order valence-electron chi connectivity index (χ3n) is 3.33. The summed E-state index contributed by atoms with van der Waals surface area (Å²) in [5, 5.41) is 8.70. The number of aliphatic hydroxyl groups is 1. The van der Waals surface area contributed by atoms with Gasteiger partial charge >= 0.3 is 0 Å². The second-order valence-corrected chi connectivity index (χ2v) is 5.43. The van der Waals surface area contributed by atoms with Crippen LogP contribution in [0.15, 0.2) is 0 Å². The van der Waals surface area contributed by atoms with Gasteiger partial charge in [-0.2, -0.15) is 0 Å². The maximum atomic E-state index is 8.70. The molecule has 0 spiro atoms. The van der Waals surface area contributed by atoms with Crippen molar-refractivity contribution in [2.24, 2.45) is 0 Å². The fraction of sp³-hybridized carbons (Fsp3) is 1.00. The Bertz CT molecular complexity index is 155. The quantitative estimate of drug-likeness (QED) is 0.488.